The van der Waals surface area contributed by atoms with Crippen molar-refractivity contribution in [3.63, 3.8) is 0 Å². The van der Waals surface area contributed by atoms with E-state index in [4.69, 9.17) is 10.4 Å². The van der Waals surface area contributed by atoms with E-state index >= 15 is 0 Å². The summed E-state index contributed by atoms with van der Waals surface area (Å²) in [5, 5.41) is 17.7. The molecule has 0 aromatic heterocycles. The second-order valence-electron chi connectivity index (χ2n) is 5.20. The molecule has 1 saturated carbocycles. The molecule has 1 N–H and O–H groups in total. The lowest BCUT2D eigenvalue weighted by molar-refractivity contribution is -0.140. The first-order chi connectivity index (χ1) is 8.40. The molecule has 1 atom stereocenters. The molecule has 0 bridgehead atoms. The Morgan fingerprint density at radius 2 is 2.17 bits per heavy atom. The zero-order valence-corrected chi connectivity index (χ0v) is 10.8. The third-order valence-corrected chi connectivity index (χ3v) is 5.87. The molecule has 7 heteroatoms. The zero-order valence-electron chi connectivity index (χ0n) is 10.0. The van der Waals surface area contributed by atoms with Gasteiger partial charge in [-0.3, -0.25) is 4.79 Å². The molecule has 1 aliphatic heterocycles. The smallest absolute Gasteiger partial charge is 0.322 e. The Kier molecular flexibility index (Phi) is 3.34. The van der Waals surface area contributed by atoms with Gasteiger partial charge in [0.1, 0.15) is 6.04 Å². The maximum atomic E-state index is 12.2. The summed E-state index contributed by atoms with van der Waals surface area (Å²) in [6.07, 6.45) is 2.68. The monoisotopic (exact) mass is 272 g/mol. The lowest BCUT2D eigenvalue weighted by atomic mass is 10.1. The molecule has 1 saturated heterocycles. The van der Waals surface area contributed by atoms with E-state index < -0.39 is 27.4 Å². The molecular weight excluding hydrogens is 256 g/mol. The van der Waals surface area contributed by atoms with E-state index in [9.17, 15) is 13.2 Å². The van der Waals surface area contributed by atoms with Crippen LogP contribution in [0.3, 0.4) is 0 Å². The molecule has 0 amide bonds. The Hall–Kier alpha value is -1.13. The van der Waals surface area contributed by atoms with Gasteiger partial charge >= 0.3 is 5.97 Å². The fourth-order valence-electron chi connectivity index (χ4n) is 2.51. The number of carboxylic acids is 1. The summed E-state index contributed by atoms with van der Waals surface area (Å²) < 4.78 is 25.6. The number of hydrogen-bond donors (Lipinski definition) is 1. The Labute approximate surface area is 106 Å². The second kappa shape index (κ2) is 4.52. The second-order valence-corrected chi connectivity index (χ2v) is 7.12. The standard InChI is InChI=1S/C11H16N2O4S/c12-6-5-11(3-4-11)8-18(16,17)13-7-1-2-9(13)10(14)15/h9H,1-5,7-8H2,(H,14,15)/t9-/m1/s1. The molecule has 2 rings (SSSR count). The highest BCUT2D eigenvalue weighted by atomic mass is 32.2. The van der Waals surface area contributed by atoms with Crippen LogP contribution in [-0.2, 0) is 14.8 Å². The molecule has 18 heavy (non-hydrogen) atoms. The maximum Gasteiger partial charge on any atom is 0.322 e. The molecule has 100 valence electrons. The summed E-state index contributed by atoms with van der Waals surface area (Å²) in [5.41, 5.74) is -0.417. The van der Waals surface area contributed by atoms with E-state index in [1.807, 2.05) is 6.07 Å². The van der Waals surface area contributed by atoms with E-state index in [-0.39, 0.29) is 18.7 Å². The summed E-state index contributed by atoms with van der Waals surface area (Å²) in [6.45, 7) is 0.280. The predicted octanol–water partition coefficient (Wildman–Crippen LogP) is 0.559. The molecule has 1 aliphatic carbocycles. The van der Waals surface area contributed by atoms with Gasteiger partial charge in [0.25, 0.3) is 0 Å². The number of nitriles is 1. The molecule has 2 aliphatic rings. The van der Waals surface area contributed by atoms with Crippen LogP contribution in [0.15, 0.2) is 0 Å². The Morgan fingerprint density at radius 1 is 1.50 bits per heavy atom. The average molecular weight is 272 g/mol. The molecular formula is C11H16N2O4S. The van der Waals surface area contributed by atoms with E-state index in [0.29, 0.717) is 12.8 Å². The molecule has 0 unspecified atom stereocenters. The highest BCUT2D eigenvalue weighted by Crippen LogP contribution is 2.50. The first-order valence-electron chi connectivity index (χ1n) is 6.00. The van der Waals surface area contributed by atoms with Crippen molar-refractivity contribution in [2.75, 3.05) is 12.3 Å². The summed E-state index contributed by atoms with van der Waals surface area (Å²) in [7, 11) is -3.57. The van der Waals surface area contributed by atoms with Crippen molar-refractivity contribution in [1.82, 2.24) is 4.31 Å². The van der Waals surface area contributed by atoms with Gasteiger partial charge in [-0.2, -0.15) is 9.57 Å². The average Bonchev–Trinajstić information content (AvgIpc) is 2.82. The molecule has 6 nitrogen and oxygen atoms in total. The predicted molar refractivity (Wildman–Crippen MR) is 63.0 cm³/mol. The number of sulfonamides is 1. The Morgan fingerprint density at radius 3 is 2.67 bits per heavy atom. The third kappa shape index (κ3) is 2.49. The van der Waals surface area contributed by atoms with Crippen LogP contribution in [0.4, 0.5) is 0 Å². The summed E-state index contributed by atoms with van der Waals surface area (Å²) in [5.74, 6) is -1.17. The fraction of sp³-hybridized carbons (Fsp3) is 0.818. The zero-order chi connectivity index (χ0) is 13.4. The lowest BCUT2D eigenvalue weighted by Crippen LogP contribution is -2.43. The highest BCUT2D eigenvalue weighted by Gasteiger charge is 2.49. The van der Waals surface area contributed by atoms with E-state index in [1.165, 1.54) is 0 Å². The quantitative estimate of drug-likeness (QED) is 0.788. The van der Waals surface area contributed by atoms with E-state index in [1.54, 1.807) is 0 Å². The number of rotatable bonds is 5. The van der Waals surface area contributed by atoms with Crippen molar-refractivity contribution < 1.29 is 18.3 Å². The minimum Gasteiger partial charge on any atom is -0.480 e. The largest absolute Gasteiger partial charge is 0.480 e. The molecule has 1 heterocycles. The molecule has 0 spiro atoms. The highest BCUT2D eigenvalue weighted by molar-refractivity contribution is 7.89. The van der Waals surface area contributed by atoms with Gasteiger partial charge in [0.05, 0.1) is 11.8 Å². The van der Waals surface area contributed by atoms with Gasteiger partial charge < -0.3 is 5.11 Å². The van der Waals surface area contributed by atoms with E-state index in [0.717, 1.165) is 17.1 Å². The molecule has 2 fully saturated rings. The van der Waals surface area contributed by atoms with Crippen LogP contribution < -0.4 is 0 Å². The van der Waals surface area contributed by atoms with Crippen molar-refractivity contribution in [3.8, 4) is 6.07 Å². The van der Waals surface area contributed by atoms with Crippen LogP contribution in [0, 0.1) is 16.7 Å². The van der Waals surface area contributed by atoms with Crippen LogP contribution in [-0.4, -0.2) is 42.1 Å². The summed E-state index contributed by atoms with van der Waals surface area (Å²) >= 11 is 0. The third-order valence-electron chi connectivity index (χ3n) is 3.75. The van der Waals surface area contributed by atoms with Crippen molar-refractivity contribution in [1.29, 1.82) is 5.26 Å². The van der Waals surface area contributed by atoms with Crippen LogP contribution >= 0.6 is 0 Å². The van der Waals surface area contributed by atoms with Gasteiger partial charge in [-0.15, -0.1) is 0 Å². The van der Waals surface area contributed by atoms with Crippen molar-refractivity contribution in [2.45, 2.75) is 38.1 Å². The minimum atomic E-state index is -3.57. The van der Waals surface area contributed by atoms with E-state index in [2.05, 4.69) is 0 Å². The van der Waals surface area contributed by atoms with Crippen molar-refractivity contribution in [2.24, 2.45) is 5.41 Å². The maximum absolute atomic E-state index is 12.2. The van der Waals surface area contributed by atoms with Gasteiger partial charge in [-0.25, -0.2) is 8.42 Å². The van der Waals surface area contributed by atoms with Crippen LogP contribution in [0.5, 0.6) is 0 Å². The minimum absolute atomic E-state index is 0.0860. The lowest BCUT2D eigenvalue weighted by Gasteiger charge is -2.23. The van der Waals surface area contributed by atoms with Crippen LogP contribution in [0.1, 0.15) is 32.1 Å². The summed E-state index contributed by atoms with van der Waals surface area (Å²) in [4.78, 5) is 11.0. The molecule has 0 aromatic carbocycles. The molecule has 0 radical (unpaired) electrons. The number of carboxylic acid groups (broad SMARTS) is 1. The number of carbonyl (C=O) groups is 1. The number of nitrogens with zero attached hydrogens (tertiary/aromatic N) is 2. The fourth-order valence-corrected chi connectivity index (χ4v) is 4.83. The van der Waals surface area contributed by atoms with Gasteiger partial charge in [0.2, 0.25) is 10.0 Å². The number of hydrogen-bond acceptors (Lipinski definition) is 4. The normalized spacial score (nSPS) is 26.7. The van der Waals surface area contributed by atoms with Gasteiger partial charge in [-0.1, -0.05) is 0 Å². The topological polar surface area (TPSA) is 98.5 Å². The molecule has 0 aromatic rings. The first-order valence-corrected chi connectivity index (χ1v) is 7.60. The Balaban J connectivity index is 2.12. The van der Waals surface area contributed by atoms with Crippen LogP contribution in [0.2, 0.25) is 0 Å². The van der Waals surface area contributed by atoms with Gasteiger partial charge in [0.15, 0.2) is 0 Å². The van der Waals surface area contributed by atoms with Gasteiger partial charge in [0, 0.05) is 13.0 Å². The Bertz CT molecular complexity index is 490. The van der Waals surface area contributed by atoms with Crippen molar-refractivity contribution >= 4 is 16.0 Å². The van der Waals surface area contributed by atoms with Gasteiger partial charge in [-0.05, 0) is 31.1 Å². The summed E-state index contributed by atoms with van der Waals surface area (Å²) in [6, 6.07) is 1.10. The SMILES string of the molecule is N#CCC1(CS(=O)(=O)N2CCC[C@@H]2C(=O)O)CC1. The van der Waals surface area contributed by atoms with Crippen LogP contribution in [0.25, 0.3) is 0 Å². The first kappa shape index (κ1) is 13.3. The van der Waals surface area contributed by atoms with Crippen molar-refractivity contribution in [3.05, 3.63) is 0 Å². The number of aliphatic carboxylic acids is 1.